The molecule has 0 amide bonds. The van der Waals surface area contributed by atoms with E-state index in [2.05, 4.69) is 6.26 Å². The lowest BCUT2D eigenvalue weighted by molar-refractivity contribution is 0.246. The lowest BCUT2D eigenvalue weighted by Gasteiger charge is -2.21. The molecule has 1 saturated carbocycles. The predicted molar refractivity (Wildman–Crippen MR) is 71.7 cm³/mol. The van der Waals surface area contributed by atoms with E-state index in [4.69, 9.17) is 9.15 Å². The van der Waals surface area contributed by atoms with E-state index in [9.17, 15) is 0 Å². The average Bonchev–Trinajstić information content (AvgIpc) is 2.87. The molecule has 1 radical (unpaired) electrons. The van der Waals surface area contributed by atoms with Crippen molar-refractivity contribution in [2.24, 2.45) is 5.92 Å². The summed E-state index contributed by atoms with van der Waals surface area (Å²) < 4.78 is 11.0. The Kier molecular flexibility index (Phi) is 3.54. The Hall–Kier alpha value is -1.44. The number of benzene rings is 1. The number of hydrogen-bond acceptors (Lipinski definition) is 2. The Morgan fingerprint density at radius 2 is 2.11 bits per heavy atom. The van der Waals surface area contributed by atoms with E-state index < -0.39 is 0 Å². The van der Waals surface area contributed by atoms with Gasteiger partial charge in [-0.25, -0.2) is 0 Å². The number of rotatable bonds is 4. The van der Waals surface area contributed by atoms with E-state index >= 15 is 0 Å². The van der Waals surface area contributed by atoms with Crippen LogP contribution >= 0.6 is 0 Å². The fraction of sp³-hybridized carbons (Fsp3) is 0.500. The van der Waals surface area contributed by atoms with Gasteiger partial charge in [-0.05, 0) is 36.6 Å². The van der Waals surface area contributed by atoms with Crippen molar-refractivity contribution in [3.05, 3.63) is 30.5 Å². The smallest absolute Gasteiger partial charge is 0.170 e. The first-order chi connectivity index (χ1) is 8.92. The van der Waals surface area contributed by atoms with Crippen molar-refractivity contribution in [1.29, 1.82) is 0 Å². The summed E-state index contributed by atoms with van der Waals surface area (Å²) in [7, 11) is 0. The Morgan fingerprint density at radius 3 is 3.00 bits per heavy atom. The topological polar surface area (TPSA) is 22.4 Å². The molecule has 0 aliphatic heterocycles. The molecule has 0 atom stereocenters. The van der Waals surface area contributed by atoms with Crippen LogP contribution in [0.25, 0.3) is 11.0 Å². The number of furan rings is 1. The van der Waals surface area contributed by atoms with E-state index in [-0.39, 0.29) is 0 Å². The summed E-state index contributed by atoms with van der Waals surface area (Å²) >= 11 is 0. The van der Waals surface area contributed by atoms with Gasteiger partial charge in [0, 0.05) is 5.39 Å². The van der Waals surface area contributed by atoms with Gasteiger partial charge in [0.1, 0.15) is 11.3 Å². The normalized spacial score (nSPS) is 17.1. The van der Waals surface area contributed by atoms with Crippen LogP contribution in [0.5, 0.6) is 5.75 Å². The van der Waals surface area contributed by atoms with Crippen molar-refractivity contribution in [3.8, 4) is 5.75 Å². The fourth-order valence-electron chi connectivity index (χ4n) is 2.80. The second-order valence-electron chi connectivity index (χ2n) is 5.21. The van der Waals surface area contributed by atoms with Crippen molar-refractivity contribution < 1.29 is 9.15 Å². The van der Waals surface area contributed by atoms with Gasteiger partial charge in [0.25, 0.3) is 0 Å². The molecule has 1 aromatic heterocycles. The highest BCUT2D eigenvalue weighted by molar-refractivity contribution is 5.78. The highest BCUT2D eigenvalue weighted by atomic mass is 16.5. The van der Waals surface area contributed by atoms with Crippen molar-refractivity contribution in [2.75, 3.05) is 6.61 Å². The molecule has 2 heteroatoms. The van der Waals surface area contributed by atoms with Gasteiger partial charge in [-0.3, -0.25) is 0 Å². The monoisotopic (exact) mass is 243 g/mol. The minimum atomic E-state index is 0.831. The van der Waals surface area contributed by atoms with Gasteiger partial charge in [0.05, 0.1) is 6.61 Å². The van der Waals surface area contributed by atoms with Crippen molar-refractivity contribution >= 4 is 11.0 Å². The summed E-state index contributed by atoms with van der Waals surface area (Å²) in [5, 5.41) is 1.06. The zero-order chi connectivity index (χ0) is 12.2. The summed E-state index contributed by atoms with van der Waals surface area (Å²) in [6, 6.07) is 7.79. The Labute approximate surface area is 108 Å². The summed E-state index contributed by atoms with van der Waals surface area (Å²) in [5.74, 6) is 1.82. The van der Waals surface area contributed by atoms with Crippen molar-refractivity contribution in [3.63, 3.8) is 0 Å². The molecule has 1 fully saturated rings. The highest BCUT2D eigenvalue weighted by Gasteiger charge is 2.13. The third-order valence-electron chi connectivity index (χ3n) is 3.88. The molecule has 1 heterocycles. The first kappa shape index (κ1) is 11.6. The number of hydrogen-bond donors (Lipinski definition) is 0. The van der Waals surface area contributed by atoms with Crippen molar-refractivity contribution in [1.82, 2.24) is 0 Å². The summed E-state index contributed by atoms with van der Waals surface area (Å²) in [6.07, 6.45) is 10.9. The van der Waals surface area contributed by atoms with Crippen LogP contribution in [0, 0.1) is 12.2 Å². The van der Waals surface area contributed by atoms with Gasteiger partial charge in [-0.2, -0.15) is 0 Å². The van der Waals surface area contributed by atoms with E-state index in [1.807, 2.05) is 24.3 Å². The van der Waals surface area contributed by atoms with E-state index in [1.165, 1.54) is 38.5 Å². The van der Waals surface area contributed by atoms with Gasteiger partial charge < -0.3 is 9.15 Å². The number of ether oxygens (including phenoxy) is 1. The first-order valence-electron chi connectivity index (χ1n) is 6.94. The number of fused-ring (bicyclic) bond motifs is 1. The van der Waals surface area contributed by atoms with E-state index in [1.54, 1.807) is 0 Å². The molecule has 0 bridgehead atoms. The maximum Gasteiger partial charge on any atom is 0.170 e. The maximum atomic E-state index is 5.83. The molecule has 18 heavy (non-hydrogen) atoms. The average molecular weight is 243 g/mol. The summed E-state index contributed by atoms with van der Waals surface area (Å²) in [6.45, 7) is 0.831. The lowest BCUT2D eigenvalue weighted by atomic mass is 9.87. The molecule has 1 aliphatic carbocycles. The van der Waals surface area contributed by atoms with Gasteiger partial charge in [0.2, 0.25) is 0 Å². The van der Waals surface area contributed by atoms with Gasteiger partial charge in [-0.1, -0.05) is 32.1 Å². The van der Waals surface area contributed by atoms with Crippen molar-refractivity contribution in [2.45, 2.75) is 38.5 Å². The second kappa shape index (κ2) is 5.47. The van der Waals surface area contributed by atoms with Crippen LogP contribution in [0.1, 0.15) is 38.5 Å². The molecule has 3 rings (SSSR count). The third kappa shape index (κ3) is 2.69. The zero-order valence-corrected chi connectivity index (χ0v) is 10.7. The minimum Gasteiger partial charge on any atom is -0.494 e. The zero-order valence-electron chi connectivity index (χ0n) is 10.7. The maximum absolute atomic E-state index is 5.83. The molecular formula is C16H19O2. The molecule has 0 N–H and O–H groups in total. The van der Waals surface area contributed by atoms with Crippen LogP contribution in [0.2, 0.25) is 0 Å². The molecular weight excluding hydrogens is 224 g/mol. The largest absolute Gasteiger partial charge is 0.494 e. The summed E-state index contributed by atoms with van der Waals surface area (Å²) in [4.78, 5) is 0. The Balaban J connectivity index is 1.52. The standard InChI is InChI=1S/C16H19O2/c1-2-4-13(5-3-1)8-10-17-15-6-7-16-14(12-15)9-11-18-16/h6-7,9,12-13H,1-5,8,10H2. The Morgan fingerprint density at radius 1 is 1.22 bits per heavy atom. The van der Waals surface area contributed by atoms with Crippen LogP contribution in [-0.4, -0.2) is 6.61 Å². The van der Waals surface area contributed by atoms with Gasteiger partial charge >= 0.3 is 0 Å². The molecule has 1 aromatic carbocycles. The second-order valence-corrected chi connectivity index (χ2v) is 5.21. The van der Waals surface area contributed by atoms with E-state index in [0.29, 0.717) is 0 Å². The molecule has 95 valence electrons. The fourth-order valence-corrected chi connectivity index (χ4v) is 2.80. The SMILES string of the molecule is [c]1cc2cc(OCCC3CCCCC3)ccc2o1. The molecule has 2 aromatic rings. The van der Waals surface area contributed by atoms with E-state index in [0.717, 1.165) is 29.2 Å². The van der Waals surface area contributed by atoms with Crippen LogP contribution in [0.15, 0.2) is 28.7 Å². The van der Waals surface area contributed by atoms with Gasteiger partial charge in [-0.15, -0.1) is 0 Å². The molecule has 0 spiro atoms. The molecule has 2 nitrogen and oxygen atoms in total. The van der Waals surface area contributed by atoms with Crippen LogP contribution in [0.3, 0.4) is 0 Å². The van der Waals surface area contributed by atoms with Gasteiger partial charge in [0.15, 0.2) is 6.26 Å². The molecule has 0 unspecified atom stereocenters. The summed E-state index contributed by atoms with van der Waals surface area (Å²) in [5.41, 5.74) is 0.870. The molecule has 1 aliphatic rings. The first-order valence-corrected chi connectivity index (χ1v) is 6.94. The lowest BCUT2D eigenvalue weighted by Crippen LogP contribution is -2.10. The Bertz CT molecular complexity index is 495. The predicted octanol–water partition coefficient (Wildman–Crippen LogP) is 4.58. The van der Waals surface area contributed by atoms with Crippen LogP contribution in [-0.2, 0) is 0 Å². The van der Waals surface area contributed by atoms with Crippen LogP contribution in [0.4, 0.5) is 0 Å². The van der Waals surface area contributed by atoms with Crippen LogP contribution < -0.4 is 4.74 Å². The highest BCUT2D eigenvalue weighted by Crippen LogP contribution is 2.27. The molecule has 0 saturated heterocycles. The quantitative estimate of drug-likeness (QED) is 0.784. The third-order valence-corrected chi connectivity index (χ3v) is 3.88. The minimum absolute atomic E-state index is 0.831.